The topological polar surface area (TPSA) is 85.5 Å². The number of carbonyl (C=O) groups excluding carboxylic acids is 1. The molecule has 3 rings (SSSR count). The molecule has 7 heteroatoms. The average molecular weight is 393 g/mol. The summed E-state index contributed by atoms with van der Waals surface area (Å²) in [6, 6.07) is 15.4. The number of methoxy groups -OCH3 is 2. The smallest absolute Gasteiger partial charge is 0.411 e. The predicted octanol–water partition coefficient (Wildman–Crippen LogP) is 4.40. The Hall–Kier alpha value is -3.50. The summed E-state index contributed by atoms with van der Waals surface area (Å²) >= 11 is 0. The van der Waals surface area contributed by atoms with Gasteiger partial charge in [0.25, 0.3) is 0 Å². The number of nitrogens with zero attached hydrogens (tertiary/aromatic N) is 2. The summed E-state index contributed by atoms with van der Waals surface area (Å²) in [7, 11) is 2.95. The number of ether oxygens (including phenoxy) is 3. The molecule has 0 aliphatic heterocycles. The van der Waals surface area contributed by atoms with Crippen molar-refractivity contribution >= 4 is 22.7 Å². The number of aromatic nitrogens is 1. The number of fused-ring (bicyclic) bond motifs is 1. The zero-order valence-corrected chi connectivity index (χ0v) is 16.7. The van der Waals surface area contributed by atoms with Crippen molar-refractivity contribution in [2.24, 2.45) is 0 Å². The second-order valence-corrected chi connectivity index (χ2v) is 6.29. The van der Waals surface area contributed by atoms with Crippen molar-refractivity contribution in [2.75, 3.05) is 32.8 Å². The minimum atomic E-state index is -0.529. The van der Waals surface area contributed by atoms with Crippen molar-refractivity contribution in [3.8, 4) is 23.1 Å². The van der Waals surface area contributed by atoms with Crippen molar-refractivity contribution in [1.29, 1.82) is 5.26 Å². The quantitative estimate of drug-likeness (QED) is 0.601. The first-order chi connectivity index (χ1) is 14.1. The van der Waals surface area contributed by atoms with E-state index < -0.39 is 6.09 Å². The number of amides is 1. The molecule has 0 radical (unpaired) electrons. The molecular formula is C22H23N3O4. The minimum Gasteiger partial charge on any atom is -0.491 e. The van der Waals surface area contributed by atoms with Crippen LogP contribution in [0.25, 0.3) is 22.2 Å². The second-order valence-electron chi connectivity index (χ2n) is 6.29. The normalized spacial score (nSPS) is 10.6. The van der Waals surface area contributed by atoms with Gasteiger partial charge < -0.3 is 18.8 Å². The van der Waals surface area contributed by atoms with Crippen LogP contribution in [0.3, 0.4) is 0 Å². The first kappa shape index (κ1) is 20.2. The van der Waals surface area contributed by atoms with Crippen LogP contribution >= 0.6 is 0 Å². The summed E-state index contributed by atoms with van der Waals surface area (Å²) in [6.07, 6.45) is -0.529. The molecule has 1 N–H and O–H groups in total. The molecule has 0 saturated heterocycles. The number of carbonyl (C=O) groups is 1. The lowest BCUT2D eigenvalue weighted by molar-refractivity contribution is 0.146. The van der Waals surface area contributed by atoms with E-state index in [4.69, 9.17) is 9.47 Å². The van der Waals surface area contributed by atoms with Crippen molar-refractivity contribution in [3.63, 3.8) is 0 Å². The lowest BCUT2D eigenvalue weighted by atomic mass is 10.1. The van der Waals surface area contributed by atoms with E-state index in [0.29, 0.717) is 31.0 Å². The van der Waals surface area contributed by atoms with E-state index in [-0.39, 0.29) is 0 Å². The molecule has 29 heavy (non-hydrogen) atoms. The molecule has 1 heterocycles. The number of nitriles is 1. The third-order valence-electron chi connectivity index (χ3n) is 4.61. The molecule has 7 nitrogen and oxygen atoms in total. The maximum atomic E-state index is 11.4. The summed E-state index contributed by atoms with van der Waals surface area (Å²) in [4.78, 5) is 11.4. The second kappa shape index (κ2) is 9.13. The van der Waals surface area contributed by atoms with E-state index in [1.54, 1.807) is 19.2 Å². The molecule has 0 unspecified atom stereocenters. The van der Waals surface area contributed by atoms with Crippen LogP contribution in [0.5, 0.6) is 5.75 Å². The number of aryl methyl sites for hydroxylation is 1. The lowest BCUT2D eigenvalue weighted by Crippen LogP contribution is -2.10. The van der Waals surface area contributed by atoms with E-state index in [0.717, 1.165) is 27.9 Å². The highest BCUT2D eigenvalue weighted by atomic mass is 16.5. The molecule has 0 fully saturated rings. The van der Waals surface area contributed by atoms with Gasteiger partial charge in [0.2, 0.25) is 0 Å². The predicted molar refractivity (Wildman–Crippen MR) is 111 cm³/mol. The van der Waals surface area contributed by atoms with Crippen LogP contribution in [0.2, 0.25) is 0 Å². The largest absolute Gasteiger partial charge is 0.491 e. The highest BCUT2D eigenvalue weighted by molar-refractivity contribution is 5.95. The van der Waals surface area contributed by atoms with Crippen LogP contribution < -0.4 is 10.1 Å². The number of hydrogen-bond acceptors (Lipinski definition) is 5. The van der Waals surface area contributed by atoms with E-state index in [1.165, 1.54) is 7.11 Å². The summed E-state index contributed by atoms with van der Waals surface area (Å²) < 4.78 is 17.5. The third-order valence-corrected chi connectivity index (χ3v) is 4.61. The van der Waals surface area contributed by atoms with Crippen molar-refractivity contribution < 1.29 is 19.0 Å². The summed E-state index contributed by atoms with van der Waals surface area (Å²) in [5, 5.41) is 13.4. The molecular weight excluding hydrogens is 370 g/mol. The number of hydrogen-bond donors (Lipinski definition) is 1. The van der Waals surface area contributed by atoms with Crippen LogP contribution in [0.4, 0.5) is 10.5 Å². The van der Waals surface area contributed by atoms with E-state index >= 15 is 0 Å². The van der Waals surface area contributed by atoms with Crippen LogP contribution in [0.15, 0.2) is 42.5 Å². The molecule has 0 saturated carbocycles. The Kier molecular flexibility index (Phi) is 6.37. The molecule has 150 valence electrons. The van der Waals surface area contributed by atoms with Crippen LogP contribution in [0.1, 0.15) is 12.5 Å². The number of anilines is 1. The molecule has 0 bridgehead atoms. The van der Waals surface area contributed by atoms with Crippen molar-refractivity contribution in [2.45, 2.75) is 13.5 Å². The monoisotopic (exact) mass is 393 g/mol. The standard InChI is InChI=1S/C22H23N3O4/c1-4-25-20-13-17(29-12-11-27-2)9-10-18(20)19(14-23)21(25)15-5-7-16(8-6-15)24-22(26)28-3/h5-10,13H,4,11-12H2,1-3H3,(H,24,26). The molecule has 0 spiro atoms. The highest BCUT2D eigenvalue weighted by Gasteiger charge is 2.18. The van der Waals surface area contributed by atoms with Gasteiger partial charge in [0.05, 0.1) is 30.5 Å². The van der Waals surface area contributed by atoms with Gasteiger partial charge in [-0.2, -0.15) is 5.26 Å². The van der Waals surface area contributed by atoms with Gasteiger partial charge in [-0.15, -0.1) is 0 Å². The average Bonchev–Trinajstić information content (AvgIpc) is 3.07. The number of rotatable bonds is 7. The maximum absolute atomic E-state index is 11.4. The fourth-order valence-corrected chi connectivity index (χ4v) is 3.28. The van der Waals surface area contributed by atoms with Gasteiger partial charge in [-0.05, 0) is 36.8 Å². The van der Waals surface area contributed by atoms with Gasteiger partial charge in [0.15, 0.2) is 0 Å². The van der Waals surface area contributed by atoms with Crippen LogP contribution in [0, 0.1) is 11.3 Å². The Bertz CT molecular complexity index is 1050. The fraction of sp³-hybridized carbons (Fsp3) is 0.273. The Morgan fingerprint density at radius 2 is 1.90 bits per heavy atom. The molecule has 1 aromatic heterocycles. The lowest BCUT2D eigenvalue weighted by Gasteiger charge is -2.11. The molecule has 0 aliphatic rings. The van der Waals surface area contributed by atoms with Gasteiger partial charge in [0, 0.05) is 30.8 Å². The summed E-state index contributed by atoms with van der Waals surface area (Å²) in [6.45, 7) is 3.70. The SMILES string of the molecule is CCn1c(-c2ccc(NC(=O)OC)cc2)c(C#N)c2ccc(OCCOC)cc21. The van der Waals surface area contributed by atoms with Gasteiger partial charge in [-0.3, -0.25) is 5.32 Å². The zero-order chi connectivity index (χ0) is 20.8. The van der Waals surface area contributed by atoms with Gasteiger partial charge in [-0.1, -0.05) is 12.1 Å². The molecule has 1 amide bonds. The molecule has 2 aromatic carbocycles. The Morgan fingerprint density at radius 3 is 2.52 bits per heavy atom. The van der Waals surface area contributed by atoms with Crippen LogP contribution in [-0.4, -0.2) is 38.1 Å². The maximum Gasteiger partial charge on any atom is 0.411 e. The van der Waals surface area contributed by atoms with Gasteiger partial charge in [-0.25, -0.2) is 4.79 Å². The fourth-order valence-electron chi connectivity index (χ4n) is 3.28. The van der Waals surface area contributed by atoms with Crippen molar-refractivity contribution in [3.05, 3.63) is 48.0 Å². The van der Waals surface area contributed by atoms with Crippen LogP contribution in [-0.2, 0) is 16.0 Å². The summed E-state index contributed by atoms with van der Waals surface area (Å²) in [5.74, 6) is 0.732. The van der Waals surface area contributed by atoms with Gasteiger partial charge in [0.1, 0.15) is 18.4 Å². The number of benzene rings is 2. The Balaban J connectivity index is 2.04. The number of nitrogens with one attached hydrogen (secondary N) is 1. The first-order valence-electron chi connectivity index (χ1n) is 9.26. The van der Waals surface area contributed by atoms with Crippen molar-refractivity contribution in [1.82, 2.24) is 4.57 Å². The summed E-state index contributed by atoms with van der Waals surface area (Å²) in [5.41, 5.74) is 3.89. The molecule has 0 atom stereocenters. The zero-order valence-electron chi connectivity index (χ0n) is 16.7. The van der Waals surface area contributed by atoms with E-state index in [2.05, 4.69) is 20.7 Å². The first-order valence-corrected chi connectivity index (χ1v) is 9.26. The molecule has 0 aliphatic carbocycles. The minimum absolute atomic E-state index is 0.460. The van der Waals surface area contributed by atoms with E-state index in [1.807, 2.05) is 37.3 Å². The molecule has 3 aromatic rings. The highest BCUT2D eigenvalue weighted by Crippen LogP contribution is 2.35. The third kappa shape index (κ3) is 4.18. The Labute approximate surface area is 169 Å². The van der Waals surface area contributed by atoms with Gasteiger partial charge >= 0.3 is 6.09 Å². The Morgan fingerprint density at radius 1 is 1.14 bits per heavy atom. The van der Waals surface area contributed by atoms with E-state index in [9.17, 15) is 10.1 Å².